The van der Waals surface area contributed by atoms with Crippen LogP contribution in [0.1, 0.15) is 104 Å². The number of nitrogens with zero attached hydrogens (tertiary/aromatic N) is 5. The predicted octanol–water partition coefficient (Wildman–Crippen LogP) is 9.76. The summed E-state index contributed by atoms with van der Waals surface area (Å²) in [4.78, 5) is 117. The first-order valence-corrected chi connectivity index (χ1v) is 24.2. The van der Waals surface area contributed by atoms with Gasteiger partial charge in [0.2, 0.25) is 0 Å². The maximum atomic E-state index is 12.4. The Labute approximate surface area is 485 Å². The molecule has 0 aliphatic heterocycles. The fraction of sp³-hybridized carbons (Fsp3) is 0.222. The number of methoxy groups -OCH3 is 3. The summed E-state index contributed by atoms with van der Waals surface area (Å²) < 4.78 is 29.4. The number of phenols is 2. The number of benzene rings is 6. The third kappa shape index (κ3) is 21.9. The molecule has 0 saturated carbocycles. The molecule has 6 aromatic rings. The molecule has 0 bridgehead atoms. The zero-order valence-corrected chi connectivity index (χ0v) is 46.7. The van der Waals surface area contributed by atoms with Gasteiger partial charge in [0, 0.05) is 71.9 Å². The van der Waals surface area contributed by atoms with Crippen LogP contribution in [0.4, 0.5) is 34.1 Å². The van der Waals surface area contributed by atoms with E-state index in [0.717, 1.165) is 42.5 Å². The monoisotopic (exact) mass is 1200 g/mol. The molecule has 86 heavy (non-hydrogen) atoms. The maximum Gasteiger partial charge on any atom is 0.337 e. The van der Waals surface area contributed by atoms with E-state index in [1.54, 1.807) is 53.7 Å². The molecule has 0 saturated heterocycles. The van der Waals surface area contributed by atoms with Gasteiger partial charge in [0.25, 0.3) is 5.91 Å². The number of carbonyl (C=O) groups is 6. The second kappa shape index (κ2) is 33.2. The van der Waals surface area contributed by atoms with Gasteiger partial charge in [0.1, 0.15) is 0 Å². The summed E-state index contributed by atoms with van der Waals surface area (Å²) in [6, 6.07) is 23.5. The Morgan fingerprint density at radius 1 is 0.384 bits per heavy atom. The van der Waals surface area contributed by atoms with Gasteiger partial charge in [-0.25, -0.2) is 24.0 Å². The Morgan fingerprint density at radius 3 is 0.953 bits per heavy atom. The van der Waals surface area contributed by atoms with Crippen LogP contribution in [0.5, 0.6) is 28.7 Å². The summed E-state index contributed by atoms with van der Waals surface area (Å²) in [6.45, 7) is 10.4. The third-order valence-corrected chi connectivity index (χ3v) is 10.1. The van der Waals surface area contributed by atoms with Crippen molar-refractivity contribution in [2.24, 2.45) is 0 Å². The number of nitro groups is 5. The number of hydrogen-bond donors (Lipinski definition) is 5. The standard InChI is InChI=1S/C18H18N2O6.C11H13NO5.C10H11NO5.C8H7NO5.C7H5NO5/c1-11(2)26-16-10-13(6-9-15(16)20(23)24)17(21)19-14-7-4-12(5-8-14)18(22)25-3;1-7(2)17-10-6-8(11(13)16-3)4-5-9(10)12(14)15;1-6(2)16-9-5-7(10(12)13)3-4-8(9)11(14)15;1-14-8(11)5-2-3-6(9(12)13)7(10)4-5;9-6-3-4(7(10)11)1-2-5(6)8(12)13/h4-11H,1-3H3,(H,19,21);4-7H,1-3H3;3-6H,1-2H3,(H,12,13);2-4,10H,1H3;1-3,9H,(H,10,11). The van der Waals surface area contributed by atoms with Gasteiger partial charge in [-0.3, -0.25) is 55.4 Å². The molecule has 0 fully saturated rings. The number of hydrogen-bond acceptors (Lipinski definition) is 24. The molecule has 0 aliphatic rings. The van der Waals surface area contributed by atoms with Gasteiger partial charge in [0.15, 0.2) is 28.7 Å². The number of aromatic hydroxyl groups is 2. The zero-order chi connectivity index (χ0) is 65.3. The van der Waals surface area contributed by atoms with E-state index in [0.29, 0.717) is 11.3 Å². The number of carboxylic acids is 2. The van der Waals surface area contributed by atoms with Gasteiger partial charge < -0.3 is 54.2 Å². The van der Waals surface area contributed by atoms with Crippen LogP contribution in [0.15, 0.2) is 115 Å². The third-order valence-electron chi connectivity index (χ3n) is 10.1. The Balaban J connectivity index is 0.000000376. The minimum Gasteiger partial charge on any atom is -0.502 e. The Kier molecular flexibility index (Phi) is 27.1. The van der Waals surface area contributed by atoms with Crippen molar-refractivity contribution in [1.82, 2.24) is 0 Å². The van der Waals surface area contributed by atoms with Crippen molar-refractivity contribution in [3.05, 3.63) is 199 Å². The van der Waals surface area contributed by atoms with Crippen LogP contribution >= 0.6 is 0 Å². The number of anilines is 1. The summed E-state index contributed by atoms with van der Waals surface area (Å²) in [6.07, 6.45) is -0.762. The lowest BCUT2D eigenvalue weighted by Crippen LogP contribution is -2.14. The number of carbonyl (C=O) groups excluding carboxylic acids is 4. The number of carboxylic acid groups (broad SMARTS) is 2. The predicted molar refractivity (Wildman–Crippen MR) is 298 cm³/mol. The highest BCUT2D eigenvalue weighted by molar-refractivity contribution is 6.05. The molecule has 456 valence electrons. The fourth-order valence-corrected chi connectivity index (χ4v) is 6.30. The summed E-state index contributed by atoms with van der Waals surface area (Å²) in [5.74, 6) is -5.69. The lowest BCUT2D eigenvalue weighted by Gasteiger charge is -2.11. The first kappa shape index (κ1) is 70.2. The van der Waals surface area contributed by atoms with E-state index in [-0.39, 0.29) is 80.4 Å². The SMILES string of the molecule is CC(C)Oc1cc(C(=O)O)ccc1[N+](=O)[O-].COC(=O)c1ccc(NC(=O)c2ccc([N+](=O)[O-])c(OC(C)C)c2)cc1.COC(=O)c1ccc([N+](=O)[O-])c(O)c1.COC(=O)c1ccc([N+](=O)[O-])c(OC(C)C)c1.O=C(O)c1ccc([N+](=O)[O-])c(O)c1. The van der Waals surface area contributed by atoms with Crippen molar-refractivity contribution in [3.63, 3.8) is 0 Å². The number of nitrogens with one attached hydrogen (secondary N) is 1. The highest BCUT2D eigenvalue weighted by Gasteiger charge is 2.23. The molecule has 0 radical (unpaired) electrons. The number of esters is 3. The van der Waals surface area contributed by atoms with Gasteiger partial charge in [-0.05, 0) is 96.1 Å². The van der Waals surface area contributed by atoms with Crippen molar-refractivity contribution in [1.29, 1.82) is 0 Å². The van der Waals surface area contributed by atoms with Crippen LogP contribution in [0.2, 0.25) is 0 Å². The minimum absolute atomic E-state index is 0.0266. The molecule has 0 unspecified atom stereocenters. The molecule has 32 heteroatoms. The Morgan fingerprint density at radius 2 is 0.640 bits per heavy atom. The maximum absolute atomic E-state index is 12.4. The Hall–Kier alpha value is -11.9. The lowest BCUT2D eigenvalue weighted by molar-refractivity contribution is -0.386. The second-order valence-electron chi connectivity index (χ2n) is 17.4. The number of aromatic carboxylic acids is 2. The molecule has 32 nitrogen and oxygen atoms in total. The first-order valence-electron chi connectivity index (χ1n) is 24.2. The first-order chi connectivity index (χ1) is 40.3. The molecule has 5 N–H and O–H groups in total. The van der Waals surface area contributed by atoms with E-state index in [1.807, 2.05) is 0 Å². The van der Waals surface area contributed by atoms with E-state index in [9.17, 15) is 79.3 Å². The van der Waals surface area contributed by atoms with Crippen molar-refractivity contribution in [2.45, 2.75) is 59.9 Å². The smallest absolute Gasteiger partial charge is 0.337 e. The number of amides is 1. The van der Waals surface area contributed by atoms with Crippen molar-refractivity contribution in [2.75, 3.05) is 26.6 Å². The van der Waals surface area contributed by atoms with Crippen molar-refractivity contribution >= 4 is 69.9 Å². The van der Waals surface area contributed by atoms with Crippen LogP contribution in [0.3, 0.4) is 0 Å². The molecular formula is C54H54N6O26. The minimum atomic E-state index is -1.25. The van der Waals surface area contributed by atoms with Crippen LogP contribution < -0.4 is 19.5 Å². The highest BCUT2D eigenvalue weighted by atomic mass is 16.6. The number of rotatable bonds is 18. The highest BCUT2D eigenvalue weighted by Crippen LogP contribution is 2.32. The topological polar surface area (TPSA) is 466 Å². The molecule has 0 spiro atoms. The molecule has 0 heterocycles. The lowest BCUT2D eigenvalue weighted by atomic mass is 10.1. The van der Waals surface area contributed by atoms with Crippen LogP contribution in [0.25, 0.3) is 0 Å². The normalized spacial score (nSPS) is 10.0. The molecule has 6 rings (SSSR count). The van der Waals surface area contributed by atoms with E-state index in [4.69, 9.17) is 34.6 Å². The van der Waals surface area contributed by atoms with Gasteiger partial charge >= 0.3 is 58.3 Å². The average Bonchev–Trinajstić information content (AvgIpc) is 3.66. The van der Waals surface area contributed by atoms with Crippen LogP contribution in [0, 0.1) is 50.6 Å². The van der Waals surface area contributed by atoms with Gasteiger partial charge in [-0.2, -0.15) is 0 Å². The van der Waals surface area contributed by atoms with E-state index >= 15 is 0 Å². The van der Waals surface area contributed by atoms with Gasteiger partial charge in [-0.15, -0.1) is 0 Å². The summed E-state index contributed by atoms with van der Waals surface area (Å²) >= 11 is 0. The fourth-order valence-electron chi connectivity index (χ4n) is 6.30. The summed E-state index contributed by atoms with van der Waals surface area (Å²) in [5, 5.41) is 91.0. The Bertz CT molecular complexity index is 3490. The molecule has 1 amide bonds. The van der Waals surface area contributed by atoms with Crippen molar-refractivity contribution < 1.29 is 102 Å². The summed E-state index contributed by atoms with van der Waals surface area (Å²) in [7, 11) is 3.71. The van der Waals surface area contributed by atoms with E-state index < -0.39 is 83.2 Å². The van der Waals surface area contributed by atoms with E-state index in [2.05, 4.69) is 19.5 Å². The molecular weight excluding hydrogens is 1150 g/mol. The molecule has 0 aromatic heterocycles. The molecule has 0 aliphatic carbocycles. The molecule has 0 atom stereocenters. The largest absolute Gasteiger partial charge is 0.502 e. The number of nitro benzene ring substituents is 5. The number of ether oxygens (including phenoxy) is 6. The second-order valence-corrected chi connectivity index (χ2v) is 17.4. The van der Waals surface area contributed by atoms with Crippen molar-refractivity contribution in [3.8, 4) is 28.7 Å². The van der Waals surface area contributed by atoms with Crippen LogP contribution in [-0.2, 0) is 14.2 Å². The van der Waals surface area contributed by atoms with Crippen LogP contribution in [-0.4, -0.2) is 120 Å². The average molecular weight is 1200 g/mol. The van der Waals surface area contributed by atoms with Gasteiger partial charge in [-0.1, -0.05) is 0 Å². The van der Waals surface area contributed by atoms with E-state index in [1.165, 1.54) is 82.0 Å². The number of phenolic OH excluding ortho intramolecular Hbond substituents is 2. The van der Waals surface area contributed by atoms with Gasteiger partial charge in [0.05, 0.1) is 92.1 Å². The quantitative estimate of drug-likeness (QED) is 0.0231. The summed E-state index contributed by atoms with van der Waals surface area (Å²) in [5.41, 5.74) is -0.497. The molecule has 6 aromatic carbocycles. The zero-order valence-electron chi connectivity index (χ0n) is 46.7.